The summed E-state index contributed by atoms with van der Waals surface area (Å²) in [6.07, 6.45) is 37.4. The number of aromatic nitrogens is 2. The average molecular weight is 462 g/mol. The highest BCUT2D eigenvalue weighted by molar-refractivity contribution is 4.83. The van der Waals surface area contributed by atoms with E-state index in [0.29, 0.717) is 0 Å². The normalized spacial score (nSPS) is 11.5. The van der Waals surface area contributed by atoms with E-state index in [1.165, 1.54) is 154 Å². The minimum atomic E-state index is 1.11. The molecule has 0 bridgehead atoms. The monoisotopic (exact) mass is 461 g/mol. The molecule has 0 radical (unpaired) electrons. The van der Waals surface area contributed by atoms with Crippen molar-refractivity contribution in [3.8, 4) is 0 Å². The predicted octanol–water partition coefficient (Wildman–Crippen LogP) is 9.96. The van der Waals surface area contributed by atoms with Crippen LogP contribution in [-0.2, 0) is 19.5 Å². The van der Waals surface area contributed by atoms with Gasteiger partial charge in [-0.2, -0.15) is 0 Å². The van der Waals surface area contributed by atoms with Gasteiger partial charge in [0, 0.05) is 6.42 Å². The molecule has 1 aromatic rings. The Morgan fingerprint density at radius 2 is 0.909 bits per heavy atom. The first-order valence-electron chi connectivity index (χ1n) is 15.4. The van der Waals surface area contributed by atoms with Gasteiger partial charge in [0.25, 0.3) is 5.82 Å². The molecule has 0 aromatic carbocycles. The van der Waals surface area contributed by atoms with Gasteiger partial charge in [-0.05, 0) is 26.2 Å². The van der Waals surface area contributed by atoms with E-state index in [1.807, 2.05) is 0 Å². The molecule has 0 atom stereocenters. The molecule has 2 heteroatoms. The molecule has 0 saturated carbocycles. The molecule has 0 saturated heterocycles. The summed E-state index contributed by atoms with van der Waals surface area (Å²) < 4.78 is 5.02. The highest BCUT2D eigenvalue weighted by atomic mass is 15.1. The minimum absolute atomic E-state index is 1.11. The zero-order valence-electron chi connectivity index (χ0n) is 23.2. The second-order valence-electron chi connectivity index (χ2n) is 10.5. The fourth-order valence-corrected chi connectivity index (χ4v) is 5.17. The summed E-state index contributed by atoms with van der Waals surface area (Å²) in [6.45, 7) is 9.21. The van der Waals surface area contributed by atoms with Crippen LogP contribution in [0.1, 0.15) is 168 Å². The van der Waals surface area contributed by atoms with E-state index >= 15 is 0 Å². The van der Waals surface area contributed by atoms with Crippen molar-refractivity contribution in [3.05, 3.63) is 18.2 Å². The van der Waals surface area contributed by atoms with Gasteiger partial charge in [0.1, 0.15) is 12.4 Å². The largest absolute Gasteiger partial charge is 0.256 e. The first-order chi connectivity index (χ1) is 16.3. The van der Waals surface area contributed by atoms with Crippen LogP contribution in [0, 0.1) is 0 Å². The lowest BCUT2D eigenvalue weighted by Crippen LogP contribution is -2.37. The van der Waals surface area contributed by atoms with E-state index in [2.05, 4.69) is 42.3 Å². The molecule has 0 amide bonds. The van der Waals surface area contributed by atoms with Gasteiger partial charge in [-0.3, -0.25) is 0 Å². The molecule has 1 aromatic heterocycles. The van der Waals surface area contributed by atoms with Gasteiger partial charge in [-0.1, -0.05) is 136 Å². The molecule has 2 nitrogen and oxygen atoms in total. The quantitative estimate of drug-likeness (QED) is 0.101. The van der Waals surface area contributed by atoms with Gasteiger partial charge < -0.3 is 0 Å². The third-order valence-corrected chi connectivity index (χ3v) is 7.44. The van der Waals surface area contributed by atoms with E-state index in [9.17, 15) is 0 Å². The third kappa shape index (κ3) is 16.5. The van der Waals surface area contributed by atoms with Crippen molar-refractivity contribution in [1.29, 1.82) is 0 Å². The number of hydrogen-bond donors (Lipinski definition) is 0. The van der Waals surface area contributed by atoms with Crippen LogP contribution in [0.4, 0.5) is 0 Å². The molecular formula is C31H61N2+. The van der Waals surface area contributed by atoms with Crippen molar-refractivity contribution in [1.82, 2.24) is 4.57 Å². The Morgan fingerprint density at radius 1 is 0.515 bits per heavy atom. The van der Waals surface area contributed by atoms with Crippen LogP contribution < -0.4 is 4.57 Å². The SMILES string of the molecule is CCCCCCCCCCCCCCCCCCc1n(CC)cc[n+]1CCCCCCCC. The highest BCUT2D eigenvalue weighted by Gasteiger charge is 2.15. The standard InChI is InChI=1S/C31H61N2/c1-4-7-9-11-13-14-15-16-17-18-19-20-21-22-23-25-27-31-32(6-3)29-30-33(31)28-26-24-12-10-8-5-2/h29-30H,4-28H2,1-3H3/q+1. The lowest BCUT2D eigenvalue weighted by atomic mass is 10.0. The third-order valence-electron chi connectivity index (χ3n) is 7.44. The second kappa shape index (κ2) is 23.0. The van der Waals surface area contributed by atoms with Crippen molar-refractivity contribution in [2.24, 2.45) is 0 Å². The fraction of sp³-hybridized carbons (Fsp3) is 0.903. The maximum Gasteiger partial charge on any atom is 0.256 e. The zero-order chi connectivity index (χ0) is 23.8. The zero-order valence-corrected chi connectivity index (χ0v) is 23.2. The van der Waals surface area contributed by atoms with Crippen molar-refractivity contribution < 1.29 is 4.57 Å². The summed E-state index contributed by atoms with van der Waals surface area (Å²) in [5, 5.41) is 0. The summed E-state index contributed by atoms with van der Waals surface area (Å²) in [4.78, 5) is 0. The van der Waals surface area contributed by atoms with Gasteiger partial charge in [-0.15, -0.1) is 0 Å². The summed E-state index contributed by atoms with van der Waals surface area (Å²) in [7, 11) is 0. The Morgan fingerprint density at radius 3 is 1.33 bits per heavy atom. The van der Waals surface area contributed by atoms with Gasteiger partial charge in [0.15, 0.2) is 0 Å². The molecule has 194 valence electrons. The van der Waals surface area contributed by atoms with Crippen LogP contribution in [0.15, 0.2) is 12.4 Å². The molecule has 0 aliphatic heterocycles. The Kier molecular flexibility index (Phi) is 21.1. The van der Waals surface area contributed by atoms with E-state index in [1.54, 1.807) is 5.82 Å². The van der Waals surface area contributed by atoms with Gasteiger partial charge >= 0.3 is 0 Å². The molecule has 33 heavy (non-hydrogen) atoms. The Bertz CT molecular complexity index is 519. The molecule has 0 aliphatic rings. The van der Waals surface area contributed by atoms with Crippen LogP contribution in [0.2, 0.25) is 0 Å². The summed E-state index contributed by atoms with van der Waals surface area (Å²) in [5.41, 5.74) is 0. The lowest BCUT2D eigenvalue weighted by Gasteiger charge is -2.06. The average Bonchev–Trinajstić information content (AvgIpc) is 3.22. The molecular weight excluding hydrogens is 400 g/mol. The van der Waals surface area contributed by atoms with Gasteiger partial charge in [0.2, 0.25) is 0 Å². The lowest BCUT2D eigenvalue weighted by molar-refractivity contribution is -0.704. The molecule has 0 unspecified atom stereocenters. The Labute approximate surface area is 208 Å². The Balaban J connectivity index is 1.99. The van der Waals surface area contributed by atoms with Crippen molar-refractivity contribution in [2.75, 3.05) is 0 Å². The van der Waals surface area contributed by atoms with Crippen LogP contribution in [-0.4, -0.2) is 4.57 Å². The number of hydrogen-bond acceptors (Lipinski definition) is 0. The van der Waals surface area contributed by atoms with Gasteiger partial charge in [0.05, 0.1) is 13.1 Å². The highest BCUT2D eigenvalue weighted by Crippen LogP contribution is 2.14. The van der Waals surface area contributed by atoms with Crippen molar-refractivity contribution in [2.45, 2.75) is 182 Å². The van der Waals surface area contributed by atoms with E-state index in [4.69, 9.17) is 0 Å². The number of rotatable bonds is 25. The maximum absolute atomic E-state index is 2.55. The number of unbranched alkanes of at least 4 members (excludes halogenated alkanes) is 20. The van der Waals surface area contributed by atoms with Crippen molar-refractivity contribution >= 4 is 0 Å². The molecule has 0 spiro atoms. The first kappa shape index (κ1) is 30.2. The van der Waals surface area contributed by atoms with Crippen molar-refractivity contribution in [3.63, 3.8) is 0 Å². The molecule has 0 aliphatic carbocycles. The van der Waals surface area contributed by atoms with E-state index in [-0.39, 0.29) is 0 Å². The van der Waals surface area contributed by atoms with E-state index in [0.717, 1.165) is 6.54 Å². The maximum atomic E-state index is 2.55. The number of aryl methyl sites for hydroxylation is 2. The van der Waals surface area contributed by atoms with Crippen LogP contribution in [0.5, 0.6) is 0 Å². The van der Waals surface area contributed by atoms with Crippen LogP contribution >= 0.6 is 0 Å². The van der Waals surface area contributed by atoms with Crippen LogP contribution in [0.3, 0.4) is 0 Å². The van der Waals surface area contributed by atoms with E-state index < -0.39 is 0 Å². The topological polar surface area (TPSA) is 8.81 Å². The summed E-state index contributed by atoms with van der Waals surface area (Å²) >= 11 is 0. The van der Waals surface area contributed by atoms with Crippen LogP contribution in [0.25, 0.3) is 0 Å². The van der Waals surface area contributed by atoms with Gasteiger partial charge in [-0.25, -0.2) is 9.13 Å². The number of imidazole rings is 1. The smallest absolute Gasteiger partial charge is 0.235 e. The number of nitrogens with zero attached hydrogens (tertiary/aromatic N) is 2. The molecule has 1 rings (SSSR count). The Hall–Kier alpha value is -0.790. The summed E-state index contributed by atoms with van der Waals surface area (Å²) in [6, 6.07) is 0. The first-order valence-corrected chi connectivity index (χ1v) is 15.4. The second-order valence-corrected chi connectivity index (χ2v) is 10.5. The molecule has 0 fully saturated rings. The molecule has 0 N–H and O–H groups in total. The molecule has 1 heterocycles. The fourth-order valence-electron chi connectivity index (χ4n) is 5.17. The minimum Gasteiger partial charge on any atom is -0.235 e. The predicted molar refractivity (Wildman–Crippen MR) is 147 cm³/mol. The summed E-state index contributed by atoms with van der Waals surface area (Å²) in [5.74, 6) is 1.57.